The second-order valence-corrected chi connectivity index (χ2v) is 7.19. The van der Waals surface area contributed by atoms with Gasteiger partial charge in [-0.25, -0.2) is 9.59 Å². The summed E-state index contributed by atoms with van der Waals surface area (Å²) in [5, 5.41) is 8.24. The molecule has 1 atom stereocenters. The molecule has 0 aromatic heterocycles. The zero-order valence-electron chi connectivity index (χ0n) is 17.4. The minimum absolute atomic E-state index is 0.0337. The Bertz CT molecular complexity index is 1100. The summed E-state index contributed by atoms with van der Waals surface area (Å²) in [7, 11) is 0. The van der Waals surface area contributed by atoms with Gasteiger partial charge in [0, 0.05) is 5.69 Å². The molecule has 8 nitrogen and oxygen atoms in total. The molecule has 0 saturated heterocycles. The third kappa shape index (κ3) is 4.81. The Morgan fingerprint density at radius 1 is 1.15 bits per heavy atom. The number of halogens is 3. The lowest BCUT2D eigenvalue weighted by molar-refractivity contribution is -0.139. The third-order valence-electron chi connectivity index (χ3n) is 5.06. The Morgan fingerprint density at radius 2 is 1.88 bits per heavy atom. The van der Waals surface area contributed by atoms with E-state index in [1.807, 2.05) is 0 Å². The van der Waals surface area contributed by atoms with Crippen molar-refractivity contribution in [3.63, 3.8) is 0 Å². The Morgan fingerprint density at radius 3 is 2.58 bits per heavy atom. The number of rotatable bonds is 6. The van der Waals surface area contributed by atoms with E-state index in [2.05, 4.69) is 16.0 Å². The van der Waals surface area contributed by atoms with E-state index >= 15 is 0 Å². The lowest BCUT2D eigenvalue weighted by Gasteiger charge is -2.29. The molecule has 0 spiro atoms. The molecule has 11 heteroatoms. The number of ether oxygens (including phenoxy) is 3. The van der Waals surface area contributed by atoms with Gasteiger partial charge in [0.05, 0.1) is 36.0 Å². The van der Waals surface area contributed by atoms with E-state index < -0.39 is 29.8 Å². The van der Waals surface area contributed by atoms with Gasteiger partial charge in [0.25, 0.3) is 0 Å². The van der Waals surface area contributed by atoms with E-state index in [0.717, 1.165) is 12.1 Å². The molecular formula is C22H20F3N3O5. The van der Waals surface area contributed by atoms with Crippen LogP contribution < -0.4 is 25.4 Å². The number of fused-ring (bicyclic) bond motifs is 1. The minimum Gasteiger partial charge on any atom is -0.463 e. The molecule has 0 fully saturated rings. The Labute approximate surface area is 186 Å². The second-order valence-electron chi connectivity index (χ2n) is 7.19. The van der Waals surface area contributed by atoms with Crippen LogP contribution in [0.4, 0.5) is 23.7 Å². The Balaban J connectivity index is 1.64. The monoisotopic (exact) mass is 463 g/mol. The maximum Gasteiger partial charge on any atom is 0.416 e. The first-order valence-corrected chi connectivity index (χ1v) is 10.0. The van der Waals surface area contributed by atoms with Crippen LogP contribution in [0.3, 0.4) is 0 Å². The average molecular weight is 463 g/mol. The molecule has 2 amide bonds. The van der Waals surface area contributed by atoms with Crippen LogP contribution in [0.1, 0.15) is 24.1 Å². The van der Waals surface area contributed by atoms with Gasteiger partial charge in [-0.3, -0.25) is 0 Å². The van der Waals surface area contributed by atoms with Crippen LogP contribution in [0, 0.1) is 0 Å². The highest BCUT2D eigenvalue weighted by atomic mass is 19.4. The quantitative estimate of drug-likeness (QED) is 0.565. The predicted octanol–water partition coefficient (Wildman–Crippen LogP) is 3.72. The zero-order chi connectivity index (χ0) is 23.6. The van der Waals surface area contributed by atoms with E-state index in [1.54, 1.807) is 25.1 Å². The molecule has 2 aliphatic heterocycles. The first-order chi connectivity index (χ1) is 15.8. The molecule has 3 N–H and O–H groups in total. The number of carbonyl (C=O) groups is 2. The van der Waals surface area contributed by atoms with Crippen molar-refractivity contribution in [2.45, 2.75) is 19.1 Å². The van der Waals surface area contributed by atoms with Crippen LogP contribution in [-0.4, -0.2) is 31.9 Å². The maximum atomic E-state index is 12.8. The number of anilines is 1. The number of hydrogen-bond acceptors (Lipinski definition) is 6. The van der Waals surface area contributed by atoms with E-state index in [9.17, 15) is 22.8 Å². The van der Waals surface area contributed by atoms with Crippen LogP contribution in [0.2, 0.25) is 0 Å². The van der Waals surface area contributed by atoms with E-state index in [-0.39, 0.29) is 31.2 Å². The van der Waals surface area contributed by atoms with Gasteiger partial charge >= 0.3 is 18.2 Å². The Kier molecular flexibility index (Phi) is 6.03. The molecule has 2 heterocycles. The molecule has 174 valence electrons. The molecule has 1 unspecified atom stereocenters. The summed E-state index contributed by atoms with van der Waals surface area (Å²) in [4.78, 5) is 25.2. The summed E-state index contributed by atoms with van der Waals surface area (Å²) in [5.74, 6) is 0.384. The number of benzene rings is 2. The number of carbonyl (C=O) groups excluding carboxylic acids is 2. The van der Waals surface area contributed by atoms with E-state index in [4.69, 9.17) is 14.2 Å². The summed E-state index contributed by atoms with van der Waals surface area (Å²) >= 11 is 0. The molecule has 2 aliphatic rings. The van der Waals surface area contributed by atoms with Crippen molar-refractivity contribution in [2.75, 3.05) is 25.3 Å². The van der Waals surface area contributed by atoms with Gasteiger partial charge in [-0.15, -0.1) is 0 Å². The first kappa shape index (κ1) is 22.3. The van der Waals surface area contributed by atoms with Crippen molar-refractivity contribution in [2.24, 2.45) is 0 Å². The van der Waals surface area contributed by atoms with Gasteiger partial charge in [-0.2, -0.15) is 13.2 Å². The molecule has 0 bridgehead atoms. The molecule has 2 aromatic carbocycles. The van der Waals surface area contributed by atoms with Gasteiger partial charge < -0.3 is 30.2 Å². The highest BCUT2D eigenvalue weighted by molar-refractivity contribution is 5.95. The lowest BCUT2D eigenvalue weighted by atomic mass is 9.94. The molecule has 4 rings (SSSR count). The number of esters is 1. The molecule has 2 aromatic rings. The van der Waals surface area contributed by atoms with Crippen molar-refractivity contribution in [1.29, 1.82) is 0 Å². The molecule has 0 aliphatic carbocycles. The average Bonchev–Trinajstić information content (AvgIpc) is 3.25. The molecule has 0 radical (unpaired) electrons. The van der Waals surface area contributed by atoms with Crippen molar-refractivity contribution < 1.29 is 37.0 Å². The van der Waals surface area contributed by atoms with Crippen LogP contribution >= 0.6 is 0 Å². The van der Waals surface area contributed by atoms with Gasteiger partial charge in [-0.1, -0.05) is 6.07 Å². The highest BCUT2D eigenvalue weighted by Gasteiger charge is 2.34. The summed E-state index contributed by atoms with van der Waals surface area (Å²) < 4.78 is 54.3. The second kappa shape index (κ2) is 8.93. The summed E-state index contributed by atoms with van der Waals surface area (Å²) in [6.45, 7) is 1.81. The molecular weight excluding hydrogens is 443 g/mol. The van der Waals surface area contributed by atoms with Crippen molar-refractivity contribution in [1.82, 2.24) is 10.6 Å². The van der Waals surface area contributed by atoms with Gasteiger partial charge in [-0.05, 0) is 48.9 Å². The fourth-order valence-corrected chi connectivity index (χ4v) is 3.52. The van der Waals surface area contributed by atoms with Crippen LogP contribution in [-0.2, 0) is 15.7 Å². The number of alkyl halides is 3. The smallest absolute Gasteiger partial charge is 0.416 e. The largest absolute Gasteiger partial charge is 0.463 e. The standard InChI is InChI=1S/C22H20F3N3O5/c1-2-31-20(29)18-15(10-26-14-6-4-13(5-7-14)22(23,24)25)27-21(30)28-19(18)12-3-8-16-17(9-12)33-11-32-16/h3-9,19,26H,2,10-11H2,1H3,(H2,27,28,30). The molecule has 33 heavy (non-hydrogen) atoms. The SMILES string of the molecule is CCOC(=O)C1=C(CNc2ccc(C(F)(F)F)cc2)NC(=O)NC1c1ccc2c(c1)OCO2. The zero-order valence-corrected chi connectivity index (χ0v) is 17.4. The highest BCUT2D eigenvalue weighted by Crippen LogP contribution is 2.37. The van der Waals surface area contributed by atoms with Crippen molar-refractivity contribution >= 4 is 17.7 Å². The van der Waals surface area contributed by atoms with E-state index in [0.29, 0.717) is 22.7 Å². The van der Waals surface area contributed by atoms with Gasteiger partial charge in [0.1, 0.15) is 0 Å². The Hall–Kier alpha value is -3.89. The number of nitrogens with one attached hydrogen (secondary N) is 3. The first-order valence-electron chi connectivity index (χ1n) is 10.0. The summed E-state index contributed by atoms with van der Waals surface area (Å²) in [6.07, 6.45) is -4.45. The molecule has 0 saturated carbocycles. The fraction of sp³-hybridized carbons (Fsp3) is 0.273. The number of urea groups is 1. The van der Waals surface area contributed by atoms with Crippen molar-refractivity contribution in [3.8, 4) is 11.5 Å². The normalized spacial score (nSPS) is 17.3. The van der Waals surface area contributed by atoms with E-state index in [1.165, 1.54) is 12.1 Å². The van der Waals surface area contributed by atoms with Gasteiger partial charge in [0.15, 0.2) is 11.5 Å². The minimum atomic E-state index is -4.45. The lowest BCUT2D eigenvalue weighted by Crippen LogP contribution is -2.47. The topological polar surface area (TPSA) is 97.9 Å². The summed E-state index contributed by atoms with van der Waals surface area (Å²) in [5.41, 5.74) is 0.572. The van der Waals surface area contributed by atoms with Gasteiger partial charge in [0.2, 0.25) is 6.79 Å². The van der Waals surface area contributed by atoms with Crippen molar-refractivity contribution in [3.05, 3.63) is 64.9 Å². The maximum absolute atomic E-state index is 12.8. The van der Waals surface area contributed by atoms with Crippen LogP contribution in [0.5, 0.6) is 11.5 Å². The number of hydrogen-bond donors (Lipinski definition) is 3. The fourth-order valence-electron chi connectivity index (χ4n) is 3.52. The third-order valence-corrected chi connectivity index (χ3v) is 5.06. The summed E-state index contributed by atoms with van der Waals surface area (Å²) in [6, 6.07) is 8.08. The number of amides is 2. The van der Waals surface area contributed by atoms with Crippen LogP contribution in [0.25, 0.3) is 0 Å². The van der Waals surface area contributed by atoms with Crippen LogP contribution in [0.15, 0.2) is 53.7 Å². The predicted molar refractivity (Wildman–Crippen MR) is 111 cm³/mol.